The second-order valence-electron chi connectivity index (χ2n) is 7.44. The van der Waals surface area contributed by atoms with Crippen LogP contribution in [0.2, 0.25) is 0 Å². The smallest absolute Gasteiger partial charge is 0.255 e. The SMILES string of the molecule is CCc1cccc(C)c1NC(=O)c1cccc(OCc2cn3cc(C)ccc3n2)c1. The molecule has 4 rings (SSSR count). The number of aromatic nitrogens is 2. The summed E-state index contributed by atoms with van der Waals surface area (Å²) in [6.07, 6.45) is 4.86. The minimum Gasteiger partial charge on any atom is -0.487 e. The molecule has 5 nitrogen and oxygen atoms in total. The zero-order valence-electron chi connectivity index (χ0n) is 17.5. The maximum Gasteiger partial charge on any atom is 0.255 e. The van der Waals surface area contributed by atoms with E-state index in [-0.39, 0.29) is 5.91 Å². The number of carbonyl (C=O) groups excluding carboxylic acids is 1. The first-order chi connectivity index (χ1) is 14.5. The van der Waals surface area contributed by atoms with Crippen molar-refractivity contribution in [3.63, 3.8) is 0 Å². The van der Waals surface area contributed by atoms with Crippen LogP contribution in [0.5, 0.6) is 5.75 Å². The van der Waals surface area contributed by atoms with Gasteiger partial charge in [0.05, 0.1) is 5.69 Å². The van der Waals surface area contributed by atoms with Crippen molar-refractivity contribution >= 4 is 17.2 Å². The minimum atomic E-state index is -0.146. The van der Waals surface area contributed by atoms with Crippen molar-refractivity contribution in [1.29, 1.82) is 0 Å². The Morgan fingerprint density at radius 1 is 1.07 bits per heavy atom. The topological polar surface area (TPSA) is 55.6 Å². The first-order valence-electron chi connectivity index (χ1n) is 10.1. The van der Waals surface area contributed by atoms with Gasteiger partial charge < -0.3 is 14.5 Å². The van der Waals surface area contributed by atoms with Crippen LogP contribution in [0.1, 0.15) is 39.7 Å². The van der Waals surface area contributed by atoms with Gasteiger partial charge in [0.15, 0.2) is 0 Å². The Bertz CT molecular complexity index is 1210. The number of nitrogens with zero attached hydrogens (tertiary/aromatic N) is 2. The number of anilines is 1. The highest BCUT2D eigenvalue weighted by Gasteiger charge is 2.12. The third kappa shape index (κ3) is 4.20. The Kier molecular flexibility index (Phi) is 5.53. The van der Waals surface area contributed by atoms with Gasteiger partial charge in [-0.25, -0.2) is 4.98 Å². The van der Waals surface area contributed by atoms with Crippen molar-refractivity contribution in [3.8, 4) is 5.75 Å². The van der Waals surface area contributed by atoms with Crippen molar-refractivity contribution in [3.05, 3.63) is 94.9 Å². The summed E-state index contributed by atoms with van der Waals surface area (Å²) >= 11 is 0. The third-order valence-corrected chi connectivity index (χ3v) is 5.11. The number of amides is 1. The van der Waals surface area contributed by atoms with Crippen molar-refractivity contribution < 1.29 is 9.53 Å². The summed E-state index contributed by atoms with van der Waals surface area (Å²) in [7, 11) is 0. The van der Waals surface area contributed by atoms with Crippen molar-refractivity contribution in [2.75, 3.05) is 5.32 Å². The number of hydrogen-bond acceptors (Lipinski definition) is 3. The van der Waals surface area contributed by atoms with E-state index < -0.39 is 0 Å². The standard InChI is InChI=1S/C25H25N3O2/c1-4-19-8-5-7-18(3)24(19)27-25(29)20-9-6-10-22(13-20)30-16-21-15-28-14-17(2)11-12-23(28)26-21/h5-15H,4,16H2,1-3H3,(H,27,29). The third-order valence-electron chi connectivity index (χ3n) is 5.11. The number of fused-ring (bicyclic) bond motifs is 1. The molecule has 1 amide bonds. The Hall–Kier alpha value is -3.60. The summed E-state index contributed by atoms with van der Waals surface area (Å²) in [6, 6.07) is 17.3. The molecule has 0 saturated heterocycles. The number of pyridine rings is 1. The van der Waals surface area contributed by atoms with Crippen LogP contribution in [0.15, 0.2) is 67.0 Å². The average Bonchev–Trinajstić information content (AvgIpc) is 3.16. The molecule has 0 unspecified atom stereocenters. The summed E-state index contributed by atoms with van der Waals surface area (Å²) < 4.78 is 7.90. The van der Waals surface area contributed by atoms with Gasteiger partial charge in [0, 0.05) is 23.6 Å². The lowest BCUT2D eigenvalue weighted by Crippen LogP contribution is -2.14. The van der Waals surface area contributed by atoms with E-state index in [1.165, 1.54) is 5.56 Å². The van der Waals surface area contributed by atoms with Crippen LogP contribution in [0.25, 0.3) is 5.65 Å². The molecule has 0 spiro atoms. The molecule has 1 N–H and O–H groups in total. The van der Waals surface area contributed by atoms with Crippen LogP contribution >= 0.6 is 0 Å². The molecule has 2 heterocycles. The van der Waals surface area contributed by atoms with Crippen molar-refractivity contribution in [2.24, 2.45) is 0 Å². The minimum absolute atomic E-state index is 0.146. The Morgan fingerprint density at radius 2 is 1.90 bits per heavy atom. The van der Waals surface area contributed by atoms with Crippen molar-refractivity contribution in [2.45, 2.75) is 33.8 Å². The fraction of sp³-hybridized carbons (Fsp3) is 0.200. The van der Waals surface area contributed by atoms with E-state index in [0.717, 1.165) is 34.6 Å². The van der Waals surface area contributed by atoms with E-state index in [9.17, 15) is 4.79 Å². The number of ether oxygens (including phenoxy) is 1. The van der Waals surface area contributed by atoms with Gasteiger partial charge in [0.25, 0.3) is 5.91 Å². The number of benzene rings is 2. The lowest BCUT2D eigenvalue weighted by Gasteiger charge is -2.13. The first kappa shape index (κ1) is 19.7. The van der Waals surface area contributed by atoms with Crippen LogP contribution in [0.4, 0.5) is 5.69 Å². The van der Waals surface area contributed by atoms with Gasteiger partial charge in [0.1, 0.15) is 18.0 Å². The normalized spacial score (nSPS) is 10.9. The molecule has 4 aromatic rings. The van der Waals surface area contributed by atoms with Crippen LogP contribution in [-0.2, 0) is 13.0 Å². The number of para-hydroxylation sites is 1. The monoisotopic (exact) mass is 399 g/mol. The van der Waals surface area contributed by atoms with E-state index in [1.807, 2.05) is 73.1 Å². The first-order valence-corrected chi connectivity index (χ1v) is 10.1. The van der Waals surface area contributed by atoms with Crippen molar-refractivity contribution in [1.82, 2.24) is 9.38 Å². The molecule has 5 heteroatoms. The molecule has 0 aliphatic carbocycles. The summed E-state index contributed by atoms with van der Waals surface area (Å²) in [5.41, 5.74) is 6.51. The van der Waals surface area contributed by atoms with Gasteiger partial charge in [-0.1, -0.05) is 37.3 Å². The molecule has 0 aliphatic heterocycles. The fourth-order valence-electron chi connectivity index (χ4n) is 3.50. The Labute approximate surface area is 176 Å². The molecule has 30 heavy (non-hydrogen) atoms. The molecule has 2 aromatic heterocycles. The zero-order valence-corrected chi connectivity index (χ0v) is 17.5. The second kappa shape index (κ2) is 8.41. The van der Waals surface area contributed by atoms with E-state index >= 15 is 0 Å². The van der Waals surface area contributed by atoms with Crippen LogP contribution in [0, 0.1) is 13.8 Å². The van der Waals surface area contributed by atoms with Gasteiger partial charge in [-0.2, -0.15) is 0 Å². The predicted octanol–water partition coefficient (Wildman–Crippen LogP) is 5.34. The van der Waals surface area contributed by atoms with Gasteiger partial charge >= 0.3 is 0 Å². The van der Waals surface area contributed by atoms with Gasteiger partial charge in [-0.05, 0) is 61.2 Å². The molecule has 0 aliphatic rings. The van der Waals surface area contributed by atoms with E-state index in [1.54, 1.807) is 12.1 Å². The maximum absolute atomic E-state index is 12.8. The van der Waals surface area contributed by atoms with E-state index in [4.69, 9.17) is 4.74 Å². The highest BCUT2D eigenvalue weighted by Crippen LogP contribution is 2.23. The van der Waals surface area contributed by atoms with Gasteiger partial charge in [-0.15, -0.1) is 0 Å². The molecular formula is C25H25N3O2. The molecule has 2 aromatic carbocycles. The number of rotatable bonds is 6. The zero-order chi connectivity index (χ0) is 21.1. The van der Waals surface area contributed by atoms with Crippen LogP contribution < -0.4 is 10.1 Å². The van der Waals surface area contributed by atoms with Crippen LogP contribution in [-0.4, -0.2) is 15.3 Å². The summed E-state index contributed by atoms with van der Waals surface area (Å²) in [5.74, 6) is 0.490. The Morgan fingerprint density at radius 3 is 2.73 bits per heavy atom. The van der Waals surface area contributed by atoms with Crippen LogP contribution in [0.3, 0.4) is 0 Å². The predicted molar refractivity (Wildman–Crippen MR) is 119 cm³/mol. The van der Waals surface area contributed by atoms with E-state index in [0.29, 0.717) is 17.9 Å². The summed E-state index contributed by atoms with van der Waals surface area (Å²) in [4.78, 5) is 17.4. The highest BCUT2D eigenvalue weighted by atomic mass is 16.5. The number of carbonyl (C=O) groups is 1. The molecule has 0 bridgehead atoms. The number of hydrogen-bond donors (Lipinski definition) is 1. The summed E-state index contributed by atoms with van der Waals surface area (Å²) in [6.45, 7) is 6.47. The largest absolute Gasteiger partial charge is 0.487 e. The number of aryl methyl sites for hydroxylation is 3. The molecular weight excluding hydrogens is 374 g/mol. The Balaban J connectivity index is 1.47. The summed E-state index contributed by atoms with van der Waals surface area (Å²) in [5, 5.41) is 3.06. The average molecular weight is 399 g/mol. The number of imidazole rings is 1. The highest BCUT2D eigenvalue weighted by molar-refractivity contribution is 6.05. The lowest BCUT2D eigenvalue weighted by molar-refractivity contribution is 0.102. The molecule has 0 radical (unpaired) electrons. The molecule has 0 saturated carbocycles. The molecule has 0 atom stereocenters. The van der Waals surface area contributed by atoms with E-state index in [2.05, 4.69) is 17.2 Å². The second-order valence-corrected chi connectivity index (χ2v) is 7.44. The molecule has 0 fully saturated rings. The molecule has 152 valence electrons. The number of nitrogens with one attached hydrogen (secondary N) is 1. The van der Waals surface area contributed by atoms with Gasteiger partial charge in [-0.3, -0.25) is 4.79 Å². The van der Waals surface area contributed by atoms with Gasteiger partial charge in [0.2, 0.25) is 0 Å². The fourth-order valence-corrected chi connectivity index (χ4v) is 3.50. The maximum atomic E-state index is 12.8. The lowest BCUT2D eigenvalue weighted by atomic mass is 10.1. The quantitative estimate of drug-likeness (QED) is 0.476.